The van der Waals surface area contributed by atoms with Gasteiger partial charge in [0.15, 0.2) is 0 Å². The third-order valence-corrected chi connectivity index (χ3v) is 10.6. The summed E-state index contributed by atoms with van der Waals surface area (Å²) in [7, 11) is 0. The third kappa shape index (κ3) is 3.59. The minimum absolute atomic E-state index is 1.02. The maximum atomic E-state index is 5.43. The molecule has 3 heteroatoms. The van der Waals surface area contributed by atoms with Crippen LogP contribution >= 0.6 is 0 Å². The van der Waals surface area contributed by atoms with Crippen molar-refractivity contribution < 1.29 is 0 Å². The smallest absolute Gasteiger partial charge is 0.146 e. The second-order valence-electron chi connectivity index (χ2n) is 13.2. The molecule has 0 radical (unpaired) electrons. The Morgan fingerprint density at radius 3 is 1.96 bits per heavy atom. The van der Waals surface area contributed by atoms with Gasteiger partial charge in [-0.3, -0.25) is 4.40 Å². The molecule has 11 aromatic rings. The molecule has 0 N–H and O–H groups in total. The van der Waals surface area contributed by atoms with E-state index in [4.69, 9.17) is 4.98 Å². The van der Waals surface area contributed by atoms with Crippen LogP contribution in [0.15, 0.2) is 158 Å². The number of hydrogen-bond acceptors (Lipinski definition) is 1. The van der Waals surface area contributed by atoms with Gasteiger partial charge in [-0.1, -0.05) is 115 Å². The van der Waals surface area contributed by atoms with Crippen molar-refractivity contribution in [1.29, 1.82) is 0 Å². The SMILES string of the molecule is Cc1c2ccc(-c3ccccc3)cc2nc2c1c1ccc(-c3ccc4c(c3)c3ccccc3n4-c3ccccc3)c3c4ccccc4n2c13. The lowest BCUT2D eigenvalue weighted by Gasteiger charge is -2.10. The second kappa shape index (κ2) is 9.79. The summed E-state index contributed by atoms with van der Waals surface area (Å²) in [4.78, 5) is 5.43. The van der Waals surface area contributed by atoms with E-state index in [1.165, 1.54) is 93.3 Å². The fraction of sp³-hybridized carbons (Fsp3) is 0.0217. The summed E-state index contributed by atoms with van der Waals surface area (Å²) in [6.45, 7) is 2.26. The first-order valence-electron chi connectivity index (χ1n) is 16.9. The molecule has 228 valence electrons. The van der Waals surface area contributed by atoms with E-state index >= 15 is 0 Å². The topological polar surface area (TPSA) is 22.2 Å². The normalized spacial score (nSPS) is 12.2. The molecule has 0 saturated carbocycles. The summed E-state index contributed by atoms with van der Waals surface area (Å²) >= 11 is 0. The lowest BCUT2D eigenvalue weighted by Crippen LogP contribution is -1.92. The van der Waals surface area contributed by atoms with Gasteiger partial charge in [0.05, 0.1) is 27.6 Å². The molecule has 0 unspecified atom stereocenters. The highest BCUT2D eigenvalue weighted by molar-refractivity contribution is 6.28. The Morgan fingerprint density at radius 2 is 1.12 bits per heavy atom. The van der Waals surface area contributed by atoms with Crippen LogP contribution in [0.2, 0.25) is 0 Å². The van der Waals surface area contributed by atoms with E-state index < -0.39 is 0 Å². The third-order valence-electron chi connectivity index (χ3n) is 10.6. The van der Waals surface area contributed by atoms with Gasteiger partial charge < -0.3 is 4.57 Å². The Kier molecular flexibility index (Phi) is 5.31. The van der Waals surface area contributed by atoms with Gasteiger partial charge in [-0.05, 0) is 77.2 Å². The van der Waals surface area contributed by atoms with Crippen molar-refractivity contribution in [2.24, 2.45) is 0 Å². The number of para-hydroxylation sites is 3. The van der Waals surface area contributed by atoms with Crippen LogP contribution in [0.4, 0.5) is 0 Å². The largest absolute Gasteiger partial charge is 0.309 e. The number of fused-ring (bicyclic) bond motifs is 10. The molecule has 4 aromatic heterocycles. The van der Waals surface area contributed by atoms with Gasteiger partial charge in [0, 0.05) is 43.4 Å². The standard InChI is InChI=1S/C46H29N3/c1-28-33-22-20-30(29-12-4-2-5-13-29)27-39(33)47-46-43(28)37-24-23-34(44-36-17-9-11-19-41(36)49(46)45(37)44)31-21-25-42-38(26-31)35-16-8-10-18-40(35)48(42)32-14-6-3-7-15-32/h2-27H,1H3. The summed E-state index contributed by atoms with van der Waals surface area (Å²) in [6.07, 6.45) is 0. The van der Waals surface area contributed by atoms with E-state index in [-0.39, 0.29) is 0 Å². The summed E-state index contributed by atoms with van der Waals surface area (Å²) < 4.78 is 4.80. The second-order valence-corrected chi connectivity index (χ2v) is 13.2. The molecule has 0 aliphatic carbocycles. The molecule has 0 amide bonds. The molecular formula is C46H29N3. The van der Waals surface area contributed by atoms with Crippen molar-refractivity contribution in [3.05, 3.63) is 163 Å². The highest BCUT2D eigenvalue weighted by Crippen LogP contribution is 2.46. The molecule has 0 aliphatic heterocycles. The summed E-state index contributed by atoms with van der Waals surface area (Å²) in [6, 6.07) is 57.2. The predicted octanol–water partition coefficient (Wildman–Crippen LogP) is 12.1. The number of aryl methyl sites for hydroxylation is 1. The average Bonchev–Trinajstić information content (AvgIpc) is 3.80. The van der Waals surface area contributed by atoms with E-state index in [2.05, 4.69) is 174 Å². The predicted molar refractivity (Wildman–Crippen MR) is 206 cm³/mol. The zero-order valence-corrected chi connectivity index (χ0v) is 26.9. The summed E-state index contributed by atoms with van der Waals surface area (Å²) in [5, 5.41) is 8.75. The van der Waals surface area contributed by atoms with Gasteiger partial charge in [0.25, 0.3) is 0 Å². The van der Waals surface area contributed by atoms with Crippen LogP contribution in [0, 0.1) is 6.92 Å². The first kappa shape index (κ1) is 26.6. The number of hydrogen-bond donors (Lipinski definition) is 0. The van der Waals surface area contributed by atoms with Crippen molar-refractivity contribution >= 4 is 70.9 Å². The zero-order chi connectivity index (χ0) is 32.2. The molecule has 0 saturated heterocycles. The first-order valence-corrected chi connectivity index (χ1v) is 16.9. The molecule has 4 heterocycles. The molecule has 7 aromatic carbocycles. The maximum absolute atomic E-state index is 5.43. The number of benzene rings is 7. The Bertz CT molecular complexity index is 3090. The molecule has 49 heavy (non-hydrogen) atoms. The maximum Gasteiger partial charge on any atom is 0.146 e. The Labute approximate surface area is 282 Å². The van der Waals surface area contributed by atoms with Crippen molar-refractivity contribution in [2.75, 3.05) is 0 Å². The summed E-state index contributed by atoms with van der Waals surface area (Å²) in [5.41, 5.74) is 14.2. The van der Waals surface area contributed by atoms with Crippen molar-refractivity contribution in [3.63, 3.8) is 0 Å². The lowest BCUT2D eigenvalue weighted by atomic mass is 9.95. The lowest BCUT2D eigenvalue weighted by molar-refractivity contribution is 1.18. The van der Waals surface area contributed by atoms with E-state index in [0.29, 0.717) is 0 Å². The van der Waals surface area contributed by atoms with Crippen LogP contribution in [0.3, 0.4) is 0 Å². The first-order chi connectivity index (χ1) is 24.2. The number of aromatic nitrogens is 3. The monoisotopic (exact) mass is 623 g/mol. The molecule has 0 fully saturated rings. The van der Waals surface area contributed by atoms with Gasteiger partial charge in [0.2, 0.25) is 0 Å². The highest BCUT2D eigenvalue weighted by Gasteiger charge is 2.24. The zero-order valence-electron chi connectivity index (χ0n) is 26.9. The van der Waals surface area contributed by atoms with E-state index in [1.807, 2.05) is 0 Å². The minimum Gasteiger partial charge on any atom is -0.309 e. The number of pyridine rings is 1. The Hall–Kier alpha value is -6.45. The fourth-order valence-corrected chi connectivity index (χ4v) is 8.46. The van der Waals surface area contributed by atoms with Crippen molar-refractivity contribution in [3.8, 4) is 27.9 Å². The van der Waals surface area contributed by atoms with Crippen molar-refractivity contribution in [2.45, 2.75) is 6.92 Å². The van der Waals surface area contributed by atoms with Crippen LogP contribution < -0.4 is 0 Å². The minimum atomic E-state index is 1.02. The highest BCUT2D eigenvalue weighted by atomic mass is 15.0. The van der Waals surface area contributed by atoms with Crippen molar-refractivity contribution in [1.82, 2.24) is 14.0 Å². The van der Waals surface area contributed by atoms with Gasteiger partial charge >= 0.3 is 0 Å². The van der Waals surface area contributed by atoms with Gasteiger partial charge in [0.1, 0.15) is 5.65 Å². The quantitative estimate of drug-likeness (QED) is 0.192. The van der Waals surface area contributed by atoms with E-state index in [9.17, 15) is 0 Å². The van der Waals surface area contributed by atoms with Crippen LogP contribution in [0.5, 0.6) is 0 Å². The molecule has 11 rings (SSSR count). The average molecular weight is 624 g/mol. The van der Waals surface area contributed by atoms with E-state index in [1.54, 1.807) is 0 Å². The van der Waals surface area contributed by atoms with Gasteiger partial charge in [-0.2, -0.15) is 0 Å². The van der Waals surface area contributed by atoms with Gasteiger partial charge in [-0.15, -0.1) is 0 Å². The van der Waals surface area contributed by atoms with Crippen LogP contribution in [-0.4, -0.2) is 14.0 Å². The molecular weight excluding hydrogens is 595 g/mol. The number of nitrogens with zero attached hydrogens (tertiary/aromatic N) is 3. The van der Waals surface area contributed by atoms with Crippen LogP contribution in [0.1, 0.15) is 5.56 Å². The van der Waals surface area contributed by atoms with Crippen LogP contribution in [-0.2, 0) is 0 Å². The number of rotatable bonds is 3. The Morgan fingerprint density at radius 1 is 0.449 bits per heavy atom. The fourth-order valence-electron chi connectivity index (χ4n) is 8.46. The molecule has 0 spiro atoms. The Balaban J connectivity index is 1.21. The molecule has 0 bridgehead atoms. The van der Waals surface area contributed by atoms with E-state index in [0.717, 1.165) is 11.2 Å². The van der Waals surface area contributed by atoms with Gasteiger partial charge in [-0.25, -0.2) is 4.98 Å². The summed E-state index contributed by atoms with van der Waals surface area (Å²) in [5.74, 6) is 0. The molecule has 3 nitrogen and oxygen atoms in total. The molecule has 0 aliphatic rings. The molecule has 0 atom stereocenters. The van der Waals surface area contributed by atoms with Crippen LogP contribution in [0.25, 0.3) is 98.9 Å².